The molecule has 0 spiro atoms. The third-order valence-corrected chi connectivity index (χ3v) is 3.51. The molecule has 0 aliphatic carbocycles. The van der Waals surface area contributed by atoms with Crippen LogP contribution in [0.2, 0.25) is 0 Å². The van der Waals surface area contributed by atoms with Gasteiger partial charge in [-0.1, -0.05) is 18.2 Å². The zero-order valence-electron chi connectivity index (χ0n) is 9.68. The molecule has 0 unspecified atom stereocenters. The molecule has 0 saturated heterocycles. The molecule has 0 radical (unpaired) electrons. The largest absolute Gasteiger partial charge is 0.428 e. The average Bonchev–Trinajstić information content (AvgIpc) is 2.87. The summed E-state index contributed by atoms with van der Waals surface area (Å²) in [7, 11) is 0. The number of aromatic nitrogens is 1. The fourth-order valence-electron chi connectivity index (χ4n) is 2.70. The Labute approximate surface area is 107 Å². The van der Waals surface area contributed by atoms with Crippen LogP contribution in [0.5, 0.6) is 0 Å². The number of rotatable bonds is 0. The first-order chi connectivity index (χ1) is 9.18. The van der Waals surface area contributed by atoms with Crippen molar-refractivity contribution in [3.05, 3.63) is 47.5 Å². The summed E-state index contributed by atoms with van der Waals surface area (Å²) in [5, 5.41) is 13.8. The SMILES string of the molecule is O=C1NC(=O)c2c1ccc1c2c2ccccc2n1O. The minimum absolute atomic E-state index is 0.339. The Morgan fingerprint density at radius 3 is 2.58 bits per heavy atom. The van der Waals surface area contributed by atoms with Crippen molar-refractivity contribution in [1.29, 1.82) is 0 Å². The summed E-state index contributed by atoms with van der Waals surface area (Å²) < 4.78 is 1.04. The average molecular weight is 252 g/mol. The van der Waals surface area contributed by atoms with Gasteiger partial charge < -0.3 is 5.21 Å². The molecule has 2 N–H and O–H groups in total. The van der Waals surface area contributed by atoms with E-state index < -0.39 is 11.8 Å². The van der Waals surface area contributed by atoms with Gasteiger partial charge in [0.05, 0.1) is 22.2 Å². The summed E-state index contributed by atoms with van der Waals surface area (Å²) in [4.78, 5) is 23.6. The highest BCUT2D eigenvalue weighted by atomic mass is 16.5. The molecule has 19 heavy (non-hydrogen) atoms. The van der Waals surface area contributed by atoms with Crippen LogP contribution in [-0.4, -0.2) is 21.8 Å². The minimum Gasteiger partial charge on any atom is -0.428 e. The first-order valence-electron chi connectivity index (χ1n) is 5.79. The summed E-state index contributed by atoms with van der Waals surface area (Å²) >= 11 is 0. The van der Waals surface area contributed by atoms with Gasteiger partial charge in [-0.15, -0.1) is 0 Å². The highest BCUT2D eigenvalue weighted by Gasteiger charge is 2.30. The smallest absolute Gasteiger partial charge is 0.259 e. The van der Waals surface area contributed by atoms with Crippen LogP contribution in [0.3, 0.4) is 0 Å². The zero-order chi connectivity index (χ0) is 13.1. The molecule has 1 aromatic heterocycles. The monoisotopic (exact) mass is 252 g/mol. The van der Waals surface area contributed by atoms with Crippen LogP contribution < -0.4 is 5.32 Å². The van der Waals surface area contributed by atoms with E-state index in [1.165, 1.54) is 0 Å². The second kappa shape index (κ2) is 3.14. The molecule has 1 aliphatic heterocycles. The number of hydrogen-bond donors (Lipinski definition) is 2. The van der Waals surface area contributed by atoms with Crippen LogP contribution in [0.25, 0.3) is 21.8 Å². The maximum absolute atomic E-state index is 11.9. The summed E-state index contributed by atoms with van der Waals surface area (Å²) in [6.07, 6.45) is 0. The van der Waals surface area contributed by atoms with Gasteiger partial charge in [-0.2, -0.15) is 4.73 Å². The van der Waals surface area contributed by atoms with Crippen molar-refractivity contribution < 1.29 is 14.8 Å². The Morgan fingerprint density at radius 1 is 0.947 bits per heavy atom. The first-order valence-corrected chi connectivity index (χ1v) is 5.79. The van der Waals surface area contributed by atoms with E-state index in [0.717, 1.165) is 10.1 Å². The van der Waals surface area contributed by atoms with E-state index in [2.05, 4.69) is 5.32 Å². The number of para-hydroxylation sites is 1. The zero-order valence-corrected chi connectivity index (χ0v) is 9.68. The lowest BCUT2D eigenvalue weighted by atomic mass is 10.0. The van der Waals surface area contributed by atoms with Gasteiger partial charge in [-0.05, 0) is 18.2 Å². The van der Waals surface area contributed by atoms with Gasteiger partial charge in [0.2, 0.25) is 0 Å². The van der Waals surface area contributed by atoms with Gasteiger partial charge >= 0.3 is 0 Å². The number of carbonyl (C=O) groups is 2. The molecular weight excluding hydrogens is 244 g/mol. The minimum atomic E-state index is -0.415. The van der Waals surface area contributed by atoms with E-state index >= 15 is 0 Å². The first kappa shape index (κ1) is 10.1. The topological polar surface area (TPSA) is 71.3 Å². The quantitative estimate of drug-likeness (QED) is 0.474. The maximum Gasteiger partial charge on any atom is 0.259 e. The maximum atomic E-state index is 11.9. The van der Waals surface area contributed by atoms with Gasteiger partial charge in [0.25, 0.3) is 11.8 Å². The van der Waals surface area contributed by atoms with Gasteiger partial charge in [-0.25, -0.2) is 0 Å². The van der Waals surface area contributed by atoms with Gasteiger partial charge in [0, 0.05) is 10.8 Å². The molecule has 3 aromatic rings. The fourth-order valence-corrected chi connectivity index (χ4v) is 2.70. The molecule has 1 aliphatic rings. The van der Waals surface area contributed by atoms with E-state index in [0.29, 0.717) is 27.5 Å². The molecule has 4 rings (SSSR count). The summed E-state index contributed by atoms with van der Waals surface area (Å²) in [6.45, 7) is 0. The van der Waals surface area contributed by atoms with Crippen molar-refractivity contribution in [3.63, 3.8) is 0 Å². The number of nitrogens with zero attached hydrogens (tertiary/aromatic N) is 1. The standard InChI is InChI=1S/C14H8N2O3/c17-13-8-5-6-10-11(12(8)14(18)15-13)7-3-1-2-4-9(7)16(10)19/h1-6,19H,(H,15,17,18). The summed E-state index contributed by atoms with van der Waals surface area (Å²) in [6, 6.07) is 10.4. The fraction of sp³-hybridized carbons (Fsp3) is 0. The number of hydrogen-bond acceptors (Lipinski definition) is 3. The predicted molar refractivity (Wildman–Crippen MR) is 68.4 cm³/mol. The second-order valence-corrected chi connectivity index (χ2v) is 4.49. The van der Waals surface area contributed by atoms with E-state index in [1.807, 2.05) is 12.1 Å². The number of benzene rings is 2. The molecule has 5 nitrogen and oxygen atoms in total. The molecule has 5 heteroatoms. The molecule has 0 atom stereocenters. The Bertz CT molecular complexity index is 892. The molecule has 0 saturated carbocycles. The molecular formula is C14H8N2O3. The van der Waals surface area contributed by atoms with Gasteiger partial charge in [-0.3, -0.25) is 14.9 Å². The van der Waals surface area contributed by atoms with Crippen molar-refractivity contribution in [2.24, 2.45) is 0 Å². The number of nitrogens with one attached hydrogen (secondary N) is 1. The third-order valence-electron chi connectivity index (χ3n) is 3.51. The van der Waals surface area contributed by atoms with Crippen molar-refractivity contribution >= 4 is 33.6 Å². The molecule has 0 fully saturated rings. The van der Waals surface area contributed by atoms with Crippen LogP contribution in [0.4, 0.5) is 0 Å². The van der Waals surface area contributed by atoms with Gasteiger partial charge in [0.1, 0.15) is 0 Å². The van der Waals surface area contributed by atoms with Crippen LogP contribution in [0, 0.1) is 0 Å². The Hall–Kier alpha value is -2.82. The van der Waals surface area contributed by atoms with E-state index in [9.17, 15) is 14.8 Å². The number of fused-ring (bicyclic) bond motifs is 5. The van der Waals surface area contributed by atoms with E-state index in [4.69, 9.17) is 0 Å². The second-order valence-electron chi connectivity index (χ2n) is 4.49. The molecule has 2 amide bonds. The van der Waals surface area contributed by atoms with Crippen LogP contribution in [0.1, 0.15) is 20.7 Å². The van der Waals surface area contributed by atoms with Crippen LogP contribution in [-0.2, 0) is 0 Å². The van der Waals surface area contributed by atoms with Gasteiger partial charge in [0.15, 0.2) is 0 Å². The predicted octanol–water partition coefficient (Wildman–Crippen LogP) is 1.92. The van der Waals surface area contributed by atoms with E-state index in [1.54, 1.807) is 24.3 Å². The number of imide groups is 1. The molecule has 2 aromatic carbocycles. The van der Waals surface area contributed by atoms with Crippen molar-refractivity contribution in [2.75, 3.05) is 0 Å². The highest BCUT2D eigenvalue weighted by Crippen LogP contribution is 2.33. The Balaban J connectivity index is 2.33. The highest BCUT2D eigenvalue weighted by molar-refractivity contribution is 6.30. The van der Waals surface area contributed by atoms with Crippen molar-refractivity contribution in [3.8, 4) is 0 Å². The van der Waals surface area contributed by atoms with Crippen molar-refractivity contribution in [2.45, 2.75) is 0 Å². The summed E-state index contributed by atoms with van der Waals surface area (Å²) in [5.41, 5.74) is 1.82. The molecule has 0 bridgehead atoms. The van der Waals surface area contributed by atoms with Crippen molar-refractivity contribution in [1.82, 2.24) is 10.0 Å². The van der Waals surface area contributed by atoms with Crippen LogP contribution in [0.15, 0.2) is 36.4 Å². The molecule has 2 heterocycles. The lowest BCUT2D eigenvalue weighted by Crippen LogP contribution is -2.19. The Kier molecular flexibility index (Phi) is 1.67. The third kappa shape index (κ3) is 1.09. The summed E-state index contributed by atoms with van der Waals surface area (Å²) in [5.74, 6) is -0.807. The molecule has 92 valence electrons. The Morgan fingerprint density at radius 2 is 1.74 bits per heavy atom. The number of amides is 2. The lowest BCUT2D eigenvalue weighted by Gasteiger charge is -1.98. The number of carbonyl (C=O) groups excluding carboxylic acids is 2. The van der Waals surface area contributed by atoms with E-state index in [-0.39, 0.29) is 0 Å². The van der Waals surface area contributed by atoms with Crippen LogP contribution >= 0.6 is 0 Å². The normalized spacial score (nSPS) is 14.1. The lowest BCUT2D eigenvalue weighted by molar-refractivity contribution is 0.0880.